The lowest BCUT2D eigenvalue weighted by Gasteiger charge is -2.12. The second kappa shape index (κ2) is 8.93. The van der Waals surface area contributed by atoms with Crippen LogP contribution in [0.1, 0.15) is 30.1 Å². The monoisotopic (exact) mass is 345 g/mol. The Morgan fingerprint density at radius 3 is 2.58 bits per heavy atom. The number of carbonyl (C=O) groups excluding carboxylic acids is 2. The molecule has 24 heavy (non-hydrogen) atoms. The number of para-hydroxylation sites is 1. The zero-order valence-corrected chi connectivity index (χ0v) is 14.2. The van der Waals surface area contributed by atoms with Crippen molar-refractivity contribution in [3.63, 3.8) is 0 Å². The molecular formula is C18H20ClN3O2. The lowest BCUT2D eigenvalue weighted by Crippen LogP contribution is -2.27. The molecule has 0 saturated carbocycles. The number of anilines is 2. The molecule has 0 saturated heterocycles. The first-order valence-electron chi connectivity index (χ1n) is 7.81. The van der Waals surface area contributed by atoms with Crippen molar-refractivity contribution in [2.24, 2.45) is 0 Å². The molecule has 3 amide bonds. The molecular weight excluding hydrogens is 326 g/mol. The number of hydrogen-bond acceptors (Lipinski definition) is 2. The number of urea groups is 1. The van der Waals surface area contributed by atoms with Crippen LogP contribution >= 0.6 is 11.6 Å². The van der Waals surface area contributed by atoms with Gasteiger partial charge in [-0.1, -0.05) is 43.1 Å². The number of rotatable bonds is 6. The van der Waals surface area contributed by atoms with E-state index in [9.17, 15) is 9.59 Å². The van der Waals surface area contributed by atoms with E-state index in [0.29, 0.717) is 28.5 Å². The maximum Gasteiger partial charge on any atom is 0.323 e. The molecule has 2 aromatic carbocycles. The van der Waals surface area contributed by atoms with Crippen LogP contribution in [0, 0.1) is 0 Å². The van der Waals surface area contributed by atoms with Crippen molar-refractivity contribution in [3.8, 4) is 0 Å². The molecule has 2 aromatic rings. The average Bonchev–Trinajstić information content (AvgIpc) is 2.55. The minimum Gasteiger partial charge on any atom is -0.352 e. The summed E-state index contributed by atoms with van der Waals surface area (Å²) in [6, 6.07) is 13.3. The summed E-state index contributed by atoms with van der Waals surface area (Å²) in [6.07, 6.45) is 1.92. The van der Waals surface area contributed by atoms with Gasteiger partial charge in [0.25, 0.3) is 5.91 Å². The molecule has 0 aliphatic rings. The van der Waals surface area contributed by atoms with E-state index in [1.165, 1.54) is 0 Å². The van der Waals surface area contributed by atoms with Gasteiger partial charge in [-0.2, -0.15) is 0 Å². The van der Waals surface area contributed by atoms with Gasteiger partial charge in [0.1, 0.15) is 0 Å². The highest BCUT2D eigenvalue weighted by molar-refractivity contribution is 6.30. The van der Waals surface area contributed by atoms with Gasteiger partial charge in [0.15, 0.2) is 0 Å². The van der Waals surface area contributed by atoms with Crippen molar-refractivity contribution in [1.29, 1.82) is 0 Å². The van der Waals surface area contributed by atoms with E-state index in [-0.39, 0.29) is 5.91 Å². The molecule has 0 radical (unpaired) electrons. The summed E-state index contributed by atoms with van der Waals surface area (Å²) in [7, 11) is 0. The number of carbonyl (C=O) groups is 2. The van der Waals surface area contributed by atoms with Crippen molar-refractivity contribution in [3.05, 3.63) is 59.1 Å². The first-order chi connectivity index (χ1) is 11.6. The van der Waals surface area contributed by atoms with Crippen LogP contribution in [0.4, 0.5) is 16.2 Å². The molecule has 0 fully saturated rings. The molecule has 3 N–H and O–H groups in total. The fraction of sp³-hybridized carbons (Fsp3) is 0.222. The third-order valence-corrected chi connectivity index (χ3v) is 3.55. The SMILES string of the molecule is CCCCNC(=O)c1ccccc1NC(=O)Nc1cccc(Cl)c1. The third kappa shape index (κ3) is 5.28. The number of unbranched alkanes of at least 4 members (excludes halogenated alkanes) is 1. The molecule has 2 rings (SSSR count). The Labute approximate surface area is 146 Å². The van der Waals surface area contributed by atoms with Crippen LogP contribution in [0.3, 0.4) is 0 Å². The second-order valence-electron chi connectivity index (χ2n) is 5.24. The molecule has 0 heterocycles. The van der Waals surface area contributed by atoms with Gasteiger partial charge in [-0.25, -0.2) is 4.79 Å². The summed E-state index contributed by atoms with van der Waals surface area (Å²) in [5.74, 6) is -0.206. The lowest BCUT2D eigenvalue weighted by molar-refractivity contribution is 0.0954. The summed E-state index contributed by atoms with van der Waals surface area (Å²) < 4.78 is 0. The lowest BCUT2D eigenvalue weighted by atomic mass is 10.1. The molecule has 0 atom stereocenters. The minimum atomic E-state index is -0.439. The van der Waals surface area contributed by atoms with Crippen molar-refractivity contribution in [1.82, 2.24) is 5.32 Å². The van der Waals surface area contributed by atoms with Crippen molar-refractivity contribution in [2.75, 3.05) is 17.2 Å². The van der Waals surface area contributed by atoms with E-state index < -0.39 is 6.03 Å². The predicted octanol–water partition coefficient (Wildman–Crippen LogP) is 4.51. The van der Waals surface area contributed by atoms with Crippen LogP contribution in [0.15, 0.2) is 48.5 Å². The Bertz CT molecular complexity index is 719. The molecule has 0 spiro atoms. The highest BCUT2D eigenvalue weighted by Crippen LogP contribution is 2.17. The zero-order chi connectivity index (χ0) is 17.4. The Hall–Kier alpha value is -2.53. The topological polar surface area (TPSA) is 70.2 Å². The highest BCUT2D eigenvalue weighted by Gasteiger charge is 2.12. The van der Waals surface area contributed by atoms with Gasteiger partial charge in [-0.3, -0.25) is 4.79 Å². The highest BCUT2D eigenvalue weighted by atomic mass is 35.5. The Kier molecular flexibility index (Phi) is 6.63. The summed E-state index contributed by atoms with van der Waals surface area (Å²) >= 11 is 5.89. The number of nitrogens with one attached hydrogen (secondary N) is 3. The van der Waals surface area contributed by atoms with Gasteiger partial charge in [-0.05, 0) is 36.8 Å². The molecule has 0 bridgehead atoms. The van der Waals surface area contributed by atoms with E-state index in [1.54, 1.807) is 48.5 Å². The van der Waals surface area contributed by atoms with Gasteiger partial charge in [-0.15, -0.1) is 0 Å². The molecule has 5 nitrogen and oxygen atoms in total. The van der Waals surface area contributed by atoms with E-state index in [1.807, 2.05) is 0 Å². The first kappa shape index (κ1) is 17.8. The zero-order valence-electron chi connectivity index (χ0n) is 13.4. The molecule has 126 valence electrons. The van der Waals surface area contributed by atoms with Gasteiger partial charge < -0.3 is 16.0 Å². The van der Waals surface area contributed by atoms with Crippen LogP contribution in [0.2, 0.25) is 5.02 Å². The smallest absolute Gasteiger partial charge is 0.323 e. The fourth-order valence-corrected chi connectivity index (χ4v) is 2.31. The van der Waals surface area contributed by atoms with E-state index in [2.05, 4.69) is 22.9 Å². The van der Waals surface area contributed by atoms with Crippen molar-refractivity contribution < 1.29 is 9.59 Å². The van der Waals surface area contributed by atoms with Crippen LogP contribution in [-0.2, 0) is 0 Å². The second-order valence-corrected chi connectivity index (χ2v) is 5.68. The molecule has 6 heteroatoms. The van der Waals surface area contributed by atoms with Crippen LogP contribution in [-0.4, -0.2) is 18.5 Å². The van der Waals surface area contributed by atoms with Crippen molar-refractivity contribution >= 4 is 34.9 Å². The molecule has 0 aromatic heterocycles. The summed E-state index contributed by atoms with van der Waals surface area (Å²) in [6.45, 7) is 2.67. The maximum atomic E-state index is 12.2. The Morgan fingerprint density at radius 2 is 1.83 bits per heavy atom. The maximum absolute atomic E-state index is 12.2. The largest absolute Gasteiger partial charge is 0.352 e. The van der Waals surface area contributed by atoms with Gasteiger partial charge in [0.05, 0.1) is 11.3 Å². The van der Waals surface area contributed by atoms with Gasteiger partial charge in [0.2, 0.25) is 0 Å². The van der Waals surface area contributed by atoms with E-state index in [0.717, 1.165) is 12.8 Å². The van der Waals surface area contributed by atoms with Crippen LogP contribution in [0.25, 0.3) is 0 Å². The predicted molar refractivity (Wildman–Crippen MR) is 97.8 cm³/mol. The Morgan fingerprint density at radius 1 is 1.04 bits per heavy atom. The fourth-order valence-electron chi connectivity index (χ4n) is 2.11. The molecule has 0 unspecified atom stereocenters. The summed E-state index contributed by atoms with van der Waals surface area (Å²) in [5, 5.41) is 8.75. The number of hydrogen-bond donors (Lipinski definition) is 3. The summed E-state index contributed by atoms with van der Waals surface area (Å²) in [4.78, 5) is 24.4. The van der Waals surface area contributed by atoms with Gasteiger partial charge in [0, 0.05) is 17.3 Å². The quantitative estimate of drug-likeness (QED) is 0.674. The summed E-state index contributed by atoms with van der Waals surface area (Å²) in [5.41, 5.74) is 1.45. The van der Waals surface area contributed by atoms with E-state index >= 15 is 0 Å². The molecule has 0 aliphatic heterocycles. The van der Waals surface area contributed by atoms with E-state index in [4.69, 9.17) is 11.6 Å². The normalized spacial score (nSPS) is 10.1. The first-order valence-corrected chi connectivity index (χ1v) is 8.18. The third-order valence-electron chi connectivity index (χ3n) is 3.32. The van der Waals surface area contributed by atoms with Gasteiger partial charge >= 0.3 is 6.03 Å². The molecule has 0 aliphatic carbocycles. The number of halogens is 1. The minimum absolute atomic E-state index is 0.206. The van der Waals surface area contributed by atoms with Crippen LogP contribution < -0.4 is 16.0 Å². The van der Waals surface area contributed by atoms with Crippen molar-refractivity contribution in [2.45, 2.75) is 19.8 Å². The standard InChI is InChI=1S/C18H20ClN3O2/c1-2-3-11-20-17(23)15-9-4-5-10-16(15)22-18(24)21-14-8-6-7-13(19)12-14/h4-10,12H,2-3,11H2,1H3,(H,20,23)(H2,21,22,24). The Balaban J connectivity index is 2.03. The number of benzene rings is 2. The number of amides is 3. The average molecular weight is 346 g/mol. The van der Waals surface area contributed by atoms with Crippen LogP contribution in [0.5, 0.6) is 0 Å².